The van der Waals surface area contributed by atoms with Gasteiger partial charge in [0.05, 0.1) is 5.92 Å². The summed E-state index contributed by atoms with van der Waals surface area (Å²) in [6.07, 6.45) is 2.00. The summed E-state index contributed by atoms with van der Waals surface area (Å²) >= 11 is 5.68. The van der Waals surface area contributed by atoms with Crippen LogP contribution in [0.15, 0.2) is 42.6 Å². The van der Waals surface area contributed by atoms with E-state index >= 15 is 0 Å². The van der Waals surface area contributed by atoms with E-state index in [1.54, 1.807) is 37.4 Å². The van der Waals surface area contributed by atoms with Crippen molar-refractivity contribution in [2.24, 2.45) is 5.92 Å². The van der Waals surface area contributed by atoms with Gasteiger partial charge in [0.1, 0.15) is 17.6 Å². The molecule has 1 aromatic carbocycles. The highest BCUT2D eigenvalue weighted by Gasteiger charge is 2.15. The summed E-state index contributed by atoms with van der Waals surface area (Å²) in [5.74, 6) is -0.971. The lowest BCUT2D eigenvalue weighted by Crippen LogP contribution is -2.17. The highest BCUT2D eigenvalue weighted by molar-refractivity contribution is 6.29. The number of nitrogens with zero attached hydrogens (tertiary/aromatic N) is 1. The van der Waals surface area contributed by atoms with Crippen molar-refractivity contribution in [2.45, 2.75) is 20.0 Å². The fourth-order valence-corrected chi connectivity index (χ4v) is 2.00. The van der Waals surface area contributed by atoms with Gasteiger partial charge in [-0.3, -0.25) is 4.79 Å². The van der Waals surface area contributed by atoms with Crippen molar-refractivity contribution in [2.75, 3.05) is 0 Å². The van der Waals surface area contributed by atoms with Crippen molar-refractivity contribution < 1.29 is 13.9 Å². The molecule has 110 valence electrons. The molecule has 1 atom stereocenters. The quantitative estimate of drug-likeness (QED) is 0.623. The largest absolute Gasteiger partial charge is 0.461 e. The molecule has 0 spiro atoms. The molecule has 0 aliphatic carbocycles. The van der Waals surface area contributed by atoms with Crippen LogP contribution in [0.1, 0.15) is 18.1 Å². The standard InChI is InChI=1S/C16H15ClFNO2/c1-11(7-12-3-2-4-14(18)8-12)16(20)21-10-13-5-6-15(17)19-9-13/h2-6,8-9,11H,7,10H2,1H3. The maximum absolute atomic E-state index is 13.1. The molecule has 0 aliphatic heterocycles. The van der Waals surface area contributed by atoms with E-state index in [0.717, 1.165) is 11.1 Å². The minimum absolute atomic E-state index is 0.149. The normalized spacial score (nSPS) is 12.0. The smallest absolute Gasteiger partial charge is 0.309 e. The van der Waals surface area contributed by atoms with Crippen LogP contribution >= 0.6 is 11.6 Å². The van der Waals surface area contributed by atoms with Gasteiger partial charge in [0, 0.05) is 11.8 Å². The first-order valence-corrected chi connectivity index (χ1v) is 6.94. The average molecular weight is 308 g/mol. The molecule has 0 aliphatic rings. The number of halogens is 2. The first-order chi connectivity index (χ1) is 10.0. The van der Waals surface area contributed by atoms with Gasteiger partial charge in [0.25, 0.3) is 0 Å². The molecule has 0 amide bonds. The minimum Gasteiger partial charge on any atom is -0.461 e. The molecule has 1 aromatic heterocycles. The SMILES string of the molecule is CC(Cc1cccc(F)c1)C(=O)OCc1ccc(Cl)nc1. The average Bonchev–Trinajstić information content (AvgIpc) is 2.46. The maximum Gasteiger partial charge on any atom is 0.309 e. The second kappa shape index (κ2) is 7.18. The van der Waals surface area contributed by atoms with Crippen LogP contribution in [0.3, 0.4) is 0 Å². The Kier molecular flexibility index (Phi) is 5.28. The number of rotatable bonds is 5. The van der Waals surface area contributed by atoms with Crippen LogP contribution in [-0.2, 0) is 22.6 Å². The Hall–Kier alpha value is -1.94. The molecule has 5 heteroatoms. The fraction of sp³-hybridized carbons (Fsp3) is 0.250. The van der Waals surface area contributed by atoms with Gasteiger partial charge in [-0.2, -0.15) is 0 Å². The maximum atomic E-state index is 13.1. The van der Waals surface area contributed by atoms with E-state index in [2.05, 4.69) is 4.98 Å². The summed E-state index contributed by atoms with van der Waals surface area (Å²) < 4.78 is 18.3. The first kappa shape index (κ1) is 15.4. The van der Waals surface area contributed by atoms with E-state index < -0.39 is 0 Å². The predicted molar refractivity (Wildman–Crippen MR) is 78.3 cm³/mol. The number of aromatic nitrogens is 1. The number of pyridine rings is 1. The van der Waals surface area contributed by atoms with Crippen LogP contribution in [0.2, 0.25) is 5.15 Å². The van der Waals surface area contributed by atoms with Gasteiger partial charge in [0.2, 0.25) is 0 Å². The molecule has 0 bridgehead atoms. The number of benzene rings is 1. The van der Waals surface area contributed by atoms with E-state index in [4.69, 9.17) is 16.3 Å². The van der Waals surface area contributed by atoms with E-state index in [-0.39, 0.29) is 24.3 Å². The van der Waals surface area contributed by atoms with Gasteiger partial charge in [-0.1, -0.05) is 36.7 Å². The lowest BCUT2D eigenvalue weighted by Gasteiger charge is -2.11. The van der Waals surface area contributed by atoms with Gasteiger partial charge >= 0.3 is 5.97 Å². The van der Waals surface area contributed by atoms with Crippen molar-refractivity contribution in [1.82, 2.24) is 4.98 Å². The van der Waals surface area contributed by atoms with Gasteiger partial charge in [-0.05, 0) is 30.2 Å². The summed E-state index contributed by atoms with van der Waals surface area (Å²) in [4.78, 5) is 15.8. The zero-order valence-electron chi connectivity index (χ0n) is 11.6. The Bertz CT molecular complexity index is 616. The highest BCUT2D eigenvalue weighted by Crippen LogP contribution is 2.13. The summed E-state index contributed by atoms with van der Waals surface area (Å²) in [7, 11) is 0. The van der Waals surface area contributed by atoms with Gasteiger partial charge < -0.3 is 4.74 Å². The molecule has 0 saturated heterocycles. The summed E-state index contributed by atoms with van der Waals surface area (Å²) in [6.45, 7) is 1.91. The molecular weight excluding hydrogens is 293 g/mol. The van der Waals surface area contributed by atoms with E-state index in [9.17, 15) is 9.18 Å². The number of hydrogen-bond acceptors (Lipinski definition) is 3. The number of hydrogen-bond donors (Lipinski definition) is 0. The topological polar surface area (TPSA) is 39.2 Å². The molecule has 0 saturated carbocycles. The van der Waals surface area contributed by atoms with Crippen molar-refractivity contribution in [3.63, 3.8) is 0 Å². The summed E-state index contributed by atoms with van der Waals surface area (Å²) in [5.41, 5.74) is 1.54. The van der Waals surface area contributed by atoms with E-state index in [1.807, 2.05) is 0 Å². The van der Waals surface area contributed by atoms with Crippen LogP contribution in [0.4, 0.5) is 4.39 Å². The van der Waals surface area contributed by atoms with Crippen molar-refractivity contribution in [3.8, 4) is 0 Å². The van der Waals surface area contributed by atoms with Gasteiger partial charge in [0.15, 0.2) is 0 Å². The Morgan fingerprint density at radius 3 is 2.81 bits per heavy atom. The lowest BCUT2D eigenvalue weighted by molar-refractivity contribution is -0.149. The Morgan fingerprint density at radius 1 is 1.33 bits per heavy atom. The second-order valence-electron chi connectivity index (χ2n) is 4.83. The lowest BCUT2D eigenvalue weighted by atomic mass is 10.0. The van der Waals surface area contributed by atoms with Crippen LogP contribution in [-0.4, -0.2) is 11.0 Å². The van der Waals surface area contributed by atoms with E-state index in [0.29, 0.717) is 11.6 Å². The van der Waals surface area contributed by atoms with Crippen LogP contribution in [0, 0.1) is 11.7 Å². The van der Waals surface area contributed by atoms with Gasteiger partial charge in [-0.15, -0.1) is 0 Å². The first-order valence-electron chi connectivity index (χ1n) is 6.56. The number of carbonyl (C=O) groups is 1. The molecule has 21 heavy (non-hydrogen) atoms. The molecule has 2 rings (SSSR count). The zero-order chi connectivity index (χ0) is 15.2. The van der Waals surface area contributed by atoms with Crippen molar-refractivity contribution >= 4 is 17.6 Å². The number of ether oxygens (including phenoxy) is 1. The Morgan fingerprint density at radius 2 is 2.14 bits per heavy atom. The molecular formula is C16H15ClFNO2. The second-order valence-corrected chi connectivity index (χ2v) is 5.22. The molecule has 1 unspecified atom stereocenters. The zero-order valence-corrected chi connectivity index (χ0v) is 12.3. The fourth-order valence-electron chi connectivity index (χ4n) is 1.89. The Balaban J connectivity index is 1.86. The Labute approximate surface area is 127 Å². The molecule has 0 fully saturated rings. The monoisotopic (exact) mass is 307 g/mol. The summed E-state index contributed by atoms with van der Waals surface area (Å²) in [6, 6.07) is 9.60. The third kappa shape index (κ3) is 4.83. The number of carbonyl (C=O) groups excluding carboxylic acids is 1. The van der Waals surface area contributed by atoms with Crippen molar-refractivity contribution in [1.29, 1.82) is 0 Å². The van der Waals surface area contributed by atoms with Crippen LogP contribution in [0.25, 0.3) is 0 Å². The predicted octanol–water partition coefficient (Wildman–Crippen LogP) is 3.80. The van der Waals surface area contributed by atoms with E-state index in [1.165, 1.54) is 12.1 Å². The third-order valence-electron chi connectivity index (χ3n) is 3.00. The summed E-state index contributed by atoms with van der Waals surface area (Å²) in [5, 5.41) is 0.393. The molecule has 0 N–H and O–H groups in total. The number of esters is 1. The third-order valence-corrected chi connectivity index (χ3v) is 3.23. The molecule has 1 heterocycles. The van der Waals surface area contributed by atoms with Crippen LogP contribution in [0.5, 0.6) is 0 Å². The molecule has 0 radical (unpaired) electrons. The molecule has 3 nitrogen and oxygen atoms in total. The van der Waals surface area contributed by atoms with Crippen LogP contribution < -0.4 is 0 Å². The highest BCUT2D eigenvalue weighted by atomic mass is 35.5. The molecule has 2 aromatic rings. The minimum atomic E-state index is -0.341. The van der Waals surface area contributed by atoms with Crippen molar-refractivity contribution in [3.05, 3.63) is 64.7 Å². The van der Waals surface area contributed by atoms with Gasteiger partial charge in [-0.25, -0.2) is 9.37 Å².